The highest BCUT2D eigenvalue weighted by atomic mass is 16.2. The molecule has 0 atom stereocenters. The summed E-state index contributed by atoms with van der Waals surface area (Å²) in [4.78, 5) is 18.5. The summed E-state index contributed by atoms with van der Waals surface area (Å²) in [5.74, 6) is 0.878. The Bertz CT molecular complexity index is 641. The third-order valence-corrected chi connectivity index (χ3v) is 3.56. The second kappa shape index (κ2) is 5.46. The van der Waals surface area contributed by atoms with Crippen LogP contribution in [-0.2, 0) is 11.3 Å². The molecular weight excluding hydrogens is 252 g/mol. The summed E-state index contributed by atoms with van der Waals surface area (Å²) in [5, 5.41) is 3.96. The molecular formula is C15H18N4O. The molecule has 104 valence electrons. The molecule has 1 aliphatic heterocycles. The molecule has 5 heteroatoms. The van der Waals surface area contributed by atoms with Gasteiger partial charge in [0.25, 0.3) is 0 Å². The summed E-state index contributed by atoms with van der Waals surface area (Å²) in [6.07, 6.45) is 0.921. The van der Waals surface area contributed by atoms with Gasteiger partial charge >= 0.3 is 0 Å². The van der Waals surface area contributed by atoms with Crippen LogP contribution in [0.1, 0.15) is 12.0 Å². The Labute approximate surface area is 117 Å². The number of aromatic nitrogens is 1. The van der Waals surface area contributed by atoms with E-state index in [0.717, 1.165) is 41.8 Å². The molecule has 0 radical (unpaired) electrons. The van der Waals surface area contributed by atoms with Crippen molar-refractivity contribution in [2.45, 2.75) is 13.0 Å². The molecule has 1 amide bonds. The fourth-order valence-electron chi connectivity index (χ4n) is 2.56. The summed E-state index contributed by atoms with van der Waals surface area (Å²) in [5.41, 5.74) is 7.77. The molecule has 1 fully saturated rings. The molecule has 1 aromatic heterocycles. The molecule has 3 N–H and O–H groups in total. The van der Waals surface area contributed by atoms with Gasteiger partial charge in [-0.1, -0.05) is 18.2 Å². The van der Waals surface area contributed by atoms with Crippen molar-refractivity contribution in [2.24, 2.45) is 5.73 Å². The van der Waals surface area contributed by atoms with E-state index in [4.69, 9.17) is 10.7 Å². The number of para-hydroxylation sites is 1. The molecule has 1 aliphatic rings. The highest BCUT2D eigenvalue weighted by Gasteiger charge is 2.19. The Balaban J connectivity index is 2.06. The summed E-state index contributed by atoms with van der Waals surface area (Å²) in [6, 6.07) is 10.0. The number of rotatable bonds is 2. The molecule has 0 spiro atoms. The highest BCUT2D eigenvalue weighted by Crippen LogP contribution is 2.23. The highest BCUT2D eigenvalue weighted by molar-refractivity contribution is 5.84. The Hall–Kier alpha value is -2.14. The normalized spacial score (nSPS) is 16.1. The number of carbonyl (C=O) groups is 1. The number of fused-ring (bicyclic) bond motifs is 1. The number of nitrogens with two attached hydrogens (primary N) is 1. The van der Waals surface area contributed by atoms with Crippen molar-refractivity contribution in [1.29, 1.82) is 0 Å². The number of nitrogens with zero attached hydrogens (tertiary/aromatic N) is 2. The number of hydrogen-bond donors (Lipinski definition) is 2. The molecule has 5 nitrogen and oxygen atoms in total. The first-order chi connectivity index (χ1) is 9.78. The fraction of sp³-hybridized carbons (Fsp3) is 0.333. The van der Waals surface area contributed by atoms with E-state index >= 15 is 0 Å². The number of benzene rings is 1. The number of hydrogen-bond acceptors (Lipinski definition) is 4. The predicted molar refractivity (Wildman–Crippen MR) is 79.5 cm³/mol. The topological polar surface area (TPSA) is 71.2 Å². The van der Waals surface area contributed by atoms with Crippen molar-refractivity contribution < 1.29 is 4.79 Å². The molecule has 1 saturated heterocycles. The Morgan fingerprint density at radius 2 is 2.20 bits per heavy atom. The number of carbonyl (C=O) groups excluding carboxylic acids is 1. The molecule has 2 aromatic rings. The lowest BCUT2D eigenvalue weighted by Crippen LogP contribution is -2.34. The van der Waals surface area contributed by atoms with Crippen LogP contribution >= 0.6 is 0 Å². The van der Waals surface area contributed by atoms with E-state index in [1.807, 2.05) is 29.2 Å². The van der Waals surface area contributed by atoms with Gasteiger partial charge in [0.2, 0.25) is 5.91 Å². The van der Waals surface area contributed by atoms with E-state index in [9.17, 15) is 4.79 Å². The average Bonchev–Trinajstić information content (AvgIpc) is 2.70. The van der Waals surface area contributed by atoms with Crippen molar-refractivity contribution in [3.05, 3.63) is 35.9 Å². The van der Waals surface area contributed by atoms with E-state index < -0.39 is 0 Å². The third-order valence-electron chi connectivity index (χ3n) is 3.56. The molecule has 1 aromatic carbocycles. The summed E-state index contributed by atoms with van der Waals surface area (Å²) >= 11 is 0. The minimum absolute atomic E-state index is 0.0421. The minimum atomic E-state index is 0.0421. The standard InChI is InChI=1S/C15H18N4O/c16-9-12-8-11-4-1-2-5-13(11)18-15(12)19-7-3-6-17-14(20)10-19/h1-2,4-5,8H,3,6-7,9-10,16H2,(H,17,20). The van der Waals surface area contributed by atoms with Gasteiger partial charge in [-0.2, -0.15) is 0 Å². The van der Waals surface area contributed by atoms with Gasteiger partial charge in [0, 0.05) is 30.6 Å². The maximum atomic E-state index is 11.7. The molecule has 0 saturated carbocycles. The first-order valence-corrected chi connectivity index (χ1v) is 6.88. The predicted octanol–water partition coefficient (Wildman–Crippen LogP) is 1.02. The number of anilines is 1. The smallest absolute Gasteiger partial charge is 0.239 e. The second-order valence-electron chi connectivity index (χ2n) is 4.99. The van der Waals surface area contributed by atoms with Gasteiger partial charge in [0.1, 0.15) is 5.82 Å². The Morgan fingerprint density at radius 1 is 1.35 bits per heavy atom. The zero-order valence-electron chi connectivity index (χ0n) is 11.3. The van der Waals surface area contributed by atoms with Crippen LogP contribution in [0.25, 0.3) is 10.9 Å². The SMILES string of the molecule is NCc1cc2ccccc2nc1N1CCCNC(=O)C1. The van der Waals surface area contributed by atoms with E-state index in [1.54, 1.807) is 0 Å². The van der Waals surface area contributed by atoms with Crippen LogP contribution in [0.5, 0.6) is 0 Å². The third kappa shape index (κ3) is 2.44. The van der Waals surface area contributed by atoms with Crippen molar-refractivity contribution in [2.75, 3.05) is 24.5 Å². The average molecular weight is 270 g/mol. The van der Waals surface area contributed by atoms with E-state index in [0.29, 0.717) is 13.1 Å². The monoisotopic (exact) mass is 270 g/mol. The number of amides is 1. The zero-order chi connectivity index (χ0) is 13.9. The van der Waals surface area contributed by atoms with Crippen molar-refractivity contribution in [1.82, 2.24) is 10.3 Å². The molecule has 0 bridgehead atoms. The fourth-order valence-corrected chi connectivity index (χ4v) is 2.56. The van der Waals surface area contributed by atoms with Crippen LogP contribution in [0.2, 0.25) is 0 Å². The summed E-state index contributed by atoms with van der Waals surface area (Å²) in [6.45, 7) is 2.31. The first-order valence-electron chi connectivity index (χ1n) is 6.88. The maximum Gasteiger partial charge on any atom is 0.239 e. The Morgan fingerprint density at radius 3 is 3.05 bits per heavy atom. The van der Waals surface area contributed by atoms with Crippen molar-refractivity contribution in [3.63, 3.8) is 0 Å². The van der Waals surface area contributed by atoms with Gasteiger partial charge in [-0.15, -0.1) is 0 Å². The largest absolute Gasteiger partial charge is 0.354 e. The van der Waals surface area contributed by atoms with Gasteiger partial charge in [0.05, 0.1) is 12.1 Å². The van der Waals surface area contributed by atoms with Gasteiger partial charge in [-0.3, -0.25) is 4.79 Å². The quantitative estimate of drug-likeness (QED) is 0.854. The molecule has 20 heavy (non-hydrogen) atoms. The number of pyridine rings is 1. The van der Waals surface area contributed by atoms with Crippen LogP contribution in [0, 0.1) is 0 Å². The first kappa shape index (κ1) is 12.9. The molecule has 3 rings (SSSR count). The zero-order valence-corrected chi connectivity index (χ0v) is 11.3. The molecule has 2 heterocycles. The number of nitrogens with one attached hydrogen (secondary N) is 1. The van der Waals surface area contributed by atoms with Crippen molar-refractivity contribution in [3.8, 4) is 0 Å². The lowest BCUT2D eigenvalue weighted by atomic mass is 10.1. The second-order valence-corrected chi connectivity index (χ2v) is 4.99. The lowest BCUT2D eigenvalue weighted by molar-refractivity contribution is -0.119. The van der Waals surface area contributed by atoms with Crippen LogP contribution in [-0.4, -0.2) is 30.5 Å². The Kier molecular flexibility index (Phi) is 3.52. The lowest BCUT2D eigenvalue weighted by Gasteiger charge is -2.23. The minimum Gasteiger partial charge on any atom is -0.354 e. The maximum absolute atomic E-state index is 11.7. The van der Waals surface area contributed by atoms with Crippen LogP contribution < -0.4 is 16.0 Å². The summed E-state index contributed by atoms with van der Waals surface area (Å²) in [7, 11) is 0. The van der Waals surface area contributed by atoms with Crippen LogP contribution in [0.4, 0.5) is 5.82 Å². The van der Waals surface area contributed by atoms with Gasteiger partial charge in [-0.05, 0) is 18.6 Å². The van der Waals surface area contributed by atoms with E-state index in [2.05, 4.69) is 11.4 Å². The van der Waals surface area contributed by atoms with Crippen LogP contribution in [0.15, 0.2) is 30.3 Å². The summed E-state index contributed by atoms with van der Waals surface area (Å²) < 4.78 is 0. The van der Waals surface area contributed by atoms with Gasteiger partial charge in [0.15, 0.2) is 0 Å². The molecule has 0 unspecified atom stereocenters. The van der Waals surface area contributed by atoms with Gasteiger partial charge in [-0.25, -0.2) is 4.98 Å². The van der Waals surface area contributed by atoms with E-state index in [1.165, 1.54) is 0 Å². The molecule has 0 aliphatic carbocycles. The van der Waals surface area contributed by atoms with Crippen LogP contribution in [0.3, 0.4) is 0 Å². The van der Waals surface area contributed by atoms with Crippen molar-refractivity contribution >= 4 is 22.6 Å². The van der Waals surface area contributed by atoms with Gasteiger partial charge < -0.3 is 16.0 Å². The van der Waals surface area contributed by atoms with E-state index in [-0.39, 0.29) is 5.91 Å².